The largest absolute Gasteiger partial charge is 0.416 e. The van der Waals surface area contributed by atoms with Crippen molar-refractivity contribution in [3.05, 3.63) is 70.8 Å². The number of ether oxygens (including phenoxy) is 1. The highest BCUT2D eigenvalue weighted by Gasteiger charge is 2.32. The molecule has 0 bridgehead atoms. The zero-order valence-electron chi connectivity index (χ0n) is 17.0. The van der Waals surface area contributed by atoms with Crippen molar-refractivity contribution in [2.24, 2.45) is 5.92 Å². The molecule has 0 unspecified atom stereocenters. The lowest BCUT2D eigenvalue weighted by atomic mass is 9.97. The summed E-state index contributed by atoms with van der Waals surface area (Å²) in [6, 6.07) is 13.7. The Hall–Kier alpha value is -2.38. The third-order valence-electron chi connectivity index (χ3n) is 5.32. The zero-order valence-corrected chi connectivity index (χ0v) is 17.0. The molecule has 0 saturated carbocycles. The highest BCUT2D eigenvalue weighted by atomic mass is 19.4. The van der Waals surface area contributed by atoms with Crippen LogP contribution in [0.4, 0.5) is 13.2 Å². The lowest BCUT2D eigenvalue weighted by Crippen LogP contribution is -2.53. The van der Waals surface area contributed by atoms with Crippen molar-refractivity contribution >= 4 is 5.91 Å². The molecule has 1 saturated heterocycles. The number of likely N-dealkylation sites (tertiary alicyclic amines) is 1. The monoisotopic (exact) mass is 420 g/mol. The first-order valence-corrected chi connectivity index (χ1v) is 10.1. The van der Waals surface area contributed by atoms with E-state index in [1.807, 2.05) is 24.3 Å². The number of nitrogens with zero attached hydrogens (tertiary/aromatic N) is 1. The van der Waals surface area contributed by atoms with Crippen LogP contribution >= 0.6 is 0 Å². The number of hydrogen-bond acceptors (Lipinski definition) is 3. The topological polar surface area (TPSA) is 41.6 Å². The van der Waals surface area contributed by atoms with Crippen LogP contribution in [0.15, 0.2) is 48.5 Å². The van der Waals surface area contributed by atoms with Gasteiger partial charge in [-0.1, -0.05) is 42.5 Å². The summed E-state index contributed by atoms with van der Waals surface area (Å²) in [5.41, 5.74) is 2.34. The summed E-state index contributed by atoms with van der Waals surface area (Å²) in [6.45, 7) is 3.33. The Morgan fingerprint density at radius 2 is 1.73 bits per heavy atom. The van der Waals surface area contributed by atoms with Gasteiger partial charge in [0.15, 0.2) is 0 Å². The molecule has 0 aromatic heterocycles. The summed E-state index contributed by atoms with van der Waals surface area (Å²) in [4.78, 5) is 14.2. The summed E-state index contributed by atoms with van der Waals surface area (Å²) in [6.07, 6.45) is -3.05. The maximum absolute atomic E-state index is 12.8. The Morgan fingerprint density at radius 3 is 2.40 bits per heavy atom. The summed E-state index contributed by atoms with van der Waals surface area (Å²) in [5, 5.41) is 2.86. The normalized spacial score (nSPS) is 15.1. The highest BCUT2D eigenvalue weighted by molar-refractivity contribution is 5.80. The van der Waals surface area contributed by atoms with Gasteiger partial charge in [-0.25, -0.2) is 0 Å². The number of carbonyl (C=O) groups is 1. The zero-order chi connectivity index (χ0) is 21.6. The summed E-state index contributed by atoms with van der Waals surface area (Å²) in [7, 11) is 1.61. The van der Waals surface area contributed by atoms with E-state index in [2.05, 4.69) is 10.2 Å². The molecule has 7 heteroatoms. The molecule has 30 heavy (non-hydrogen) atoms. The fourth-order valence-corrected chi connectivity index (χ4v) is 3.55. The van der Waals surface area contributed by atoms with Crippen molar-refractivity contribution in [3.8, 4) is 0 Å². The maximum Gasteiger partial charge on any atom is 0.416 e. The summed E-state index contributed by atoms with van der Waals surface area (Å²) >= 11 is 0. The number of hydrogen-bond donors (Lipinski definition) is 1. The first-order chi connectivity index (χ1) is 14.3. The molecule has 0 aliphatic carbocycles. The van der Waals surface area contributed by atoms with Gasteiger partial charge in [0.2, 0.25) is 5.91 Å². The van der Waals surface area contributed by atoms with E-state index in [1.54, 1.807) is 13.2 Å². The fraction of sp³-hybridized carbons (Fsp3) is 0.435. The van der Waals surface area contributed by atoms with Crippen molar-refractivity contribution in [2.45, 2.75) is 25.6 Å². The maximum atomic E-state index is 12.8. The second kappa shape index (κ2) is 10.1. The first-order valence-electron chi connectivity index (χ1n) is 10.1. The third-order valence-corrected chi connectivity index (χ3v) is 5.32. The lowest BCUT2D eigenvalue weighted by molar-refractivity contribution is -0.137. The van der Waals surface area contributed by atoms with Crippen molar-refractivity contribution in [1.29, 1.82) is 0 Å². The average Bonchev–Trinajstić information content (AvgIpc) is 2.69. The van der Waals surface area contributed by atoms with Crippen LogP contribution < -0.4 is 5.32 Å². The number of amides is 1. The van der Waals surface area contributed by atoms with Gasteiger partial charge in [-0.3, -0.25) is 9.69 Å². The number of rotatable bonds is 9. The van der Waals surface area contributed by atoms with Gasteiger partial charge in [0.25, 0.3) is 0 Å². The number of alkyl halides is 3. The predicted molar refractivity (Wildman–Crippen MR) is 109 cm³/mol. The molecular weight excluding hydrogens is 393 g/mol. The number of methoxy groups -OCH3 is 1. The highest BCUT2D eigenvalue weighted by Crippen LogP contribution is 2.29. The van der Waals surface area contributed by atoms with E-state index in [-0.39, 0.29) is 11.8 Å². The van der Waals surface area contributed by atoms with Crippen LogP contribution in [0, 0.1) is 5.92 Å². The van der Waals surface area contributed by atoms with Gasteiger partial charge < -0.3 is 10.1 Å². The summed E-state index contributed by atoms with van der Waals surface area (Å²) < 4.78 is 43.4. The van der Waals surface area contributed by atoms with Crippen LogP contribution in [0.5, 0.6) is 0 Å². The Balaban J connectivity index is 1.42. The number of benzene rings is 2. The number of nitrogens with one attached hydrogen (secondary N) is 1. The van der Waals surface area contributed by atoms with Gasteiger partial charge in [-0.15, -0.1) is 0 Å². The second-order valence-corrected chi connectivity index (χ2v) is 7.69. The van der Waals surface area contributed by atoms with Crippen LogP contribution in [-0.2, 0) is 35.1 Å². The van der Waals surface area contributed by atoms with Crippen molar-refractivity contribution in [3.63, 3.8) is 0 Å². The Labute approximate surface area is 175 Å². The van der Waals surface area contributed by atoms with Gasteiger partial charge in [0, 0.05) is 33.3 Å². The smallest absolute Gasteiger partial charge is 0.383 e. The summed E-state index contributed by atoms with van der Waals surface area (Å²) in [5.74, 6) is 0.113. The van der Waals surface area contributed by atoms with Crippen LogP contribution in [0.25, 0.3) is 0 Å². The van der Waals surface area contributed by atoms with Gasteiger partial charge in [0.05, 0.1) is 18.1 Å². The minimum Gasteiger partial charge on any atom is -0.383 e. The fourth-order valence-electron chi connectivity index (χ4n) is 3.55. The first kappa shape index (κ1) is 22.3. The number of aryl methyl sites for hydroxylation is 2. The molecule has 1 aliphatic heterocycles. The standard InChI is InChI=1S/C23H27F3N2O2/c1-30-12-11-27-22(29)20-15-28(16-20)14-19-9-6-17(7-10-19)5-8-18-3-2-4-21(13-18)23(24,25)26/h2-4,6-7,9-10,13,20H,5,8,11-12,14-16H2,1H3,(H,27,29). The van der Waals surface area contributed by atoms with Crippen molar-refractivity contribution in [2.75, 3.05) is 33.4 Å². The molecule has 3 rings (SSSR count). The predicted octanol–water partition coefficient (Wildman–Crippen LogP) is 3.69. The van der Waals surface area contributed by atoms with Crippen LogP contribution in [0.1, 0.15) is 22.3 Å². The van der Waals surface area contributed by atoms with E-state index in [9.17, 15) is 18.0 Å². The van der Waals surface area contributed by atoms with Crippen LogP contribution in [0.3, 0.4) is 0 Å². The van der Waals surface area contributed by atoms with E-state index < -0.39 is 11.7 Å². The SMILES string of the molecule is COCCNC(=O)C1CN(Cc2ccc(CCc3cccc(C(F)(F)F)c3)cc2)C1. The van der Waals surface area contributed by atoms with E-state index in [0.29, 0.717) is 31.6 Å². The molecule has 162 valence electrons. The molecule has 0 radical (unpaired) electrons. The molecule has 1 amide bonds. The van der Waals surface area contributed by atoms with Crippen LogP contribution in [0.2, 0.25) is 0 Å². The van der Waals surface area contributed by atoms with Gasteiger partial charge in [-0.05, 0) is 35.6 Å². The molecule has 0 atom stereocenters. The Morgan fingerprint density at radius 1 is 1.07 bits per heavy atom. The molecule has 4 nitrogen and oxygen atoms in total. The third kappa shape index (κ3) is 6.31. The number of carbonyl (C=O) groups excluding carboxylic acids is 1. The number of halogens is 3. The van der Waals surface area contributed by atoms with Gasteiger partial charge in [-0.2, -0.15) is 13.2 Å². The van der Waals surface area contributed by atoms with E-state index in [1.165, 1.54) is 12.1 Å². The molecule has 0 spiro atoms. The minimum atomic E-state index is -4.31. The second-order valence-electron chi connectivity index (χ2n) is 7.69. The van der Waals surface area contributed by atoms with Gasteiger partial charge in [0.1, 0.15) is 0 Å². The molecule has 1 aliphatic rings. The lowest BCUT2D eigenvalue weighted by Gasteiger charge is -2.38. The molecule has 1 fully saturated rings. The van der Waals surface area contributed by atoms with E-state index in [0.717, 1.165) is 36.8 Å². The average molecular weight is 420 g/mol. The molecule has 2 aromatic carbocycles. The molecule has 1 N–H and O–H groups in total. The quantitative estimate of drug-likeness (QED) is 0.630. The molecule has 1 heterocycles. The van der Waals surface area contributed by atoms with Crippen LogP contribution in [-0.4, -0.2) is 44.2 Å². The Kier molecular flexibility index (Phi) is 7.50. The van der Waals surface area contributed by atoms with E-state index in [4.69, 9.17) is 4.74 Å². The minimum absolute atomic E-state index is 0.0357. The van der Waals surface area contributed by atoms with E-state index >= 15 is 0 Å². The van der Waals surface area contributed by atoms with Gasteiger partial charge >= 0.3 is 6.18 Å². The molecule has 2 aromatic rings. The van der Waals surface area contributed by atoms with Crippen molar-refractivity contribution < 1.29 is 22.7 Å². The van der Waals surface area contributed by atoms with Crippen molar-refractivity contribution in [1.82, 2.24) is 10.2 Å². The Bertz CT molecular complexity index is 831. The molecular formula is C23H27F3N2O2.